The highest BCUT2D eigenvalue weighted by Gasteiger charge is 2.49. The summed E-state index contributed by atoms with van der Waals surface area (Å²) in [6.45, 7) is 14.1. The molecule has 20 heavy (non-hydrogen) atoms. The SMILES string of the molecule is CCNC(c1ccc(C)cc1)C1CC(C)(C)OC1(C)C. The summed E-state index contributed by atoms with van der Waals surface area (Å²) in [5.74, 6) is 0.486. The average Bonchev–Trinajstić information content (AvgIpc) is 2.55. The highest BCUT2D eigenvalue weighted by Crippen LogP contribution is 2.47. The van der Waals surface area contributed by atoms with Crippen molar-refractivity contribution in [1.82, 2.24) is 5.32 Å². The van der Waals surface area contributed by atoms with E-state index in [9.17, 15) is 0 Å². The molecule has 1 saturated heterocycles. The largest absolute Gasteiger partial charge is 0.369 e. The molecule has 0 spiro atoms. The quantitative estimate of drug-likeness (QED) is 0.887. The van der Waals surface area contributed by atoms with E-state index in [1.807, 2.05) is 0 Å². The maximum absolute atomic E-state index is 6.28. The van der Waals surface area contributed by atoms with E-state index in [0.717, 1.165) is 13.0 Å². The Kier molecular flexibility index (Phi) is 4.27. The lowest BCUT2D eigenvalue weighted by molar-refractivity contribution is -0.0778. The lowest BCUT2D eigenvalue weighted by Gasteiger charge is -2.34. The molecule has 1 fully saturated rings. The molecule has 2 rings (SSSR count). The van der Waals surface area contributed by atoms with Crippen molar-refractivity contribution in [2.75, 3.05) is 6.54 Å². The molecule has 1 heterocycles. The van der Waals surface area contributed by atoms with E-state index in [4.69, 9.17) is 4.74 Å². The van der Waals surface area contributed by atoms with Gasteiger partial charge in [0.25, 0.3) is 0 Å². The van der Waals surface area contributed by atoms with Gasteiger partial charge in [-0.15, -0.1) is 0 Å². The fourth-order valence-electron chi connectivity index (χ4n) is 3.61. The van der Waals surface area contributed by atoms with Gasteiger partial charge in [-0.2, -0.15) is 0 Å². The predicted octanol–water partition coefficient (Wildman–Crippen LogP) is 4.24. The minimum Gasteiger partial charge on any atom is -0.369 e. The van der Waals surface area contributed by atoms with Gasteiger partial charge in [0.15, 0.2) is 0 Å². The number of benzene rings is 1. The van der Waals surface area contributed by atoms with Crippen LogP contribution in [-0.2, 0) is 4.74 Å². The highest BCUT2D eigenvalue weighted by molar-refractivity contribution is 5.26. The van der Waals surface area contributed by atoms with Gasteiger partial charge in [0, 0.05) is 12.0 Å². The van der Waals surface area contributed by atoms with Crippen molar-refractivity contribution in [2.45, 2.75) is 65.2 Å². The van der Waals surface area contributed by atoms with E-state index in [1.54, 1.807) is 0 Å². The zero-order valence-electron chi connectivity index (χ0n) is 13.8. The van der Waals surface area contributed by atoms with Crippen molar-refractivity contribution in [1.29, 1.82) is 0 Å². The minimum absolute atomic E-state index is 0.0352. The fourth-order valence-corrected chi connectivity index (χ4v) is 3.61. The van der Waals surface area contributed by atoms with Crippen LogP contribution in [-0.4, -0.2) is 17.7 Å². The Morgan fingerprint density at radius 1 is 1.20 bits per heavy atom. The Labute approximate surface area is 123 Å². The monoisotopic (exact) mass is 275 g/mol. The molecule has 0 aliphatic carbocycles. The summed E-state index contributed by atoms with van der Waals surface area (Å²) in [7, 11) is 0. The summed E-state index contributed by atoms with van der Waals surface area (Å²) in [4.78, 5) is 0. The van der Waals surface area contributed by atoms with Gasteiger partial charge in [-0.25, -0.2) is 0 Å². The molecule has 112 valence electrons. The van der Waals surface area contributed by atoms with Crippen LogP contribution < -0.4 is 5.32 Å². The minimum atomic E-state index is -0.0960. The highest BCUT2D eigenvalue weighted by atomic mass is 16.5. The van der Waals surface area contributed by atoms with Crippen LogP contribution in [0, 0.1) is 12.8 Å². The molecular formula is C18H29NO. The molecule has 0 radical (unpaired) electrons. The lowest BCUT2D eigenvalue weighted by Crippen LogP contribution is -2.38. The van der Waals surface area contributed by atoms with Crippen molar-refractivity contribution < 1.29 is 4.74 Å². The maximum Gasteiger partial charge on any atom is 0.0681 e. The molecule has 1 aliphatic rings. The summed E-state index contributed by atoms with van der Waals surface area (Å²) in [5.41, 5.74) is 2.55. The third-order valence-corrected chi connectivity index (χ3v) is 4.41. The van der Waals surface area contributed by atoms with Crippen LogP contribution in [0.4, 0.5) is 0 Å². The summed E-state index contributed by atoms with van der Waals surface area (Å²) < 4.78 is 6.28. The topological polar surface area (TPSA) is 21.3 Å². The molecule has 0 aromatic heterocycles. The van der Waals surface area contributed by atoms with Crippen LogP contribution >= 0.6 is 0 Å². The van der Waals surface area contributed by atoms with Gasteiger partial charge in [-0.3, -0.25) is 0 Å². The van der Waals surface area contributed by atoms with Crippen LogP contribution in [0.3, 0.4) is 0 Å². The summed E-state index contributed by atoms with van der Waals surface area (Å²) >= 11 is 0. The smallest absolute Gasteiger partial charge is 0.0681 e. The van der Waals surface area contributed by atoms with Crippen molar-refractivity contribution in [3.63, 3.8) is 0 Å². The maximum atomic E-state index is 6.28. The number of ether oxygens (including phenoxy) is 1. The van der Waals surface area contributed by atoms with Crippen LogP contribution in [0.2, 0.25) is 0 Å². The normalized spacial score (nSPS) is 25.6. The van der Waals surface area contributed by atoms with E-state index in [-0.39, 0.29) is 11.2 Å². The molecule has 2 atom stereocenters. The van der Waals surface area contributed by atoms with Crippen molar-refractivity contribution in [3.8, 4) is 0 Å². The van der Waals surface area contributed by atoms with Crippen LogP contribution in [0.15, 0.2) is 24.3 Å². The van der Waals surface area contributed by atoms with Crippen LogP contribution in [0.5, 0.6) is 0 Å². The molecule has 1 aromatic rings. The number of hydrogen-bond donors (Lipinski definition) is 1. The first-order chi connectivity index (χ1) is 9.25. The van der Waals surface area contributed by atoms with Gasteiger partial charge >= 0.3 is 0 Å². The molecule has 1 aliphatic heterocycles. The first-order valence-electron chi connectivity index (χ1n) is 7.75. The summed E-state index contributed by atoms with van der Waals surface area (Å²) in [6, 6.07) is 9.27. The molecule has 0 bridgehead atoms. The van der Waals surface area contributed by atoms with E-state index in [2.05, 4.69) is 71.1 Å². The number of hydrogen-bond acceptors (Lipinski definition) is 2. The standard InChI is InChI=1S/C18H29NO/c1-7-19-16(14-10-8-13(2)9-11-14)15-12-17(3,4)20-18(15,5)6/h8-11,15-16,19H,7,12H2,1-6H3. The third kappa shape index (κ3) is 3.24. The molecule has 2 unspecified atom stereocenters. The van der Waals surface area contributed by atoms with E-state index >= 15 is 0 Å². The molecule has 0 saturated carbocycles. The Morgan fingerprint density at radius 3 is 2.25 bits per heavy atom. The molecule has 2 heteroatoms. The van der Waals surface area contributed by atoms with Crippen LogP contribution in [0.25, 0.3) is 0 Å². The van der Waals surface area contributed by atoms with Crippen LogP contribution in [0.1, 0.15) is 58.2 Å². The van der Waals surface area contributed by atoms with Gasteiger partial charge < -0.3 is 10.1 Å². The first kappa shape index (κ1) is 15.5. The summed E-state index contributed by atoms with van der Waals surface area (Å²) in [5, 5.41) is 3.67. The van der Waals surface area contributed by atoms with Gasteiger partial charge in [0.05, 0.1) is 11.2 Å². The number of nitrogens with one attached hydrogen (secondary N) is 1. The fraction of sp³-hybridized carbons (Fsp3) is 0.667. The molecule has 1 N–H and O–H groups in total. The van der Waals surface area contributed by atoms with E-state index < -0.39 is 0 Å². The molecule has 2 nitrogen and oxygen atoms in total. The van der Waals surface area contributed by atoms with Gasteiger partial charge in [-0.05, 0) is 53.1 Å². The molecule has 0 amide bonds. The Morgan fingerprint density at radius 2 is 1.80 bits per heavy atom. The lowest BCUT2D eigenvalue weighted by atomic mass is 9.79. The second-order valence-electron chi connectivity index (χ2n) is 7.22. The van der Waals surface area contributed by atoms with E-state index in [0.29, 0.717) is 12.0 Å². The second kappa shape index (κ2) is 5.50. The number of rotatable bonds is 4. The van der Waals surface area contributed by atoms with Gasteiger partial charge in [-0.1, -0.05) is 36.8 Å². The van der Waals surface area contributed by atoms with Gasteiger partial charge in [0.1, 0.15) is 0 Å². The zero-order chi connectivity index (χ0) is 15.0. The Balaban J connectivity index is 2.31. The van der Waals surface area contributed by atoms with Crippen molar-refractivity contribution in [3.05, 3.63) is 35.4 Å². The summed E-state index contributed by atoms with van der Waals surface area (Å²) in [6.07, 6.45) is 1.09. The van der Waals surface area contributed by atoms with E-state index in [1.165, 1.54) is 11.1 Å². The zero-order valence-corrected chi connectivity index (χ0v) is 13.8. The third-order valence-electron chi connectivity index (χ3n) is 4.41. The second-order valence-corrected chi connectivity index (χ2v) is 7.22. The Bertz CT molecular complexity index is 447. The average molecular weight is 275 g/mol. The molecule has 1 aromatic carbocycles. The predicted molar refractivity (Wildman–Crippen MR) is 84.9 cm³/mol. The van der Waals surface area contributed by atoms with Crippen molar-refractivity contribution in [2.24, 2.45) is 5.92 Å². The first-order valence-corrected chi connectivity index (χ1v) is 7.75. The molecular weight excluding hydrogens is 246 g/mol. The number of aryl methyl sites for hydroxylation is 1. The van der Waals surface area contributed by atoms with Crippen molar-refractivity contribution >= 4 is 0 Å². The Hall–Kier alpha value is -0.860. The van der Waals surface area contributed by atoms with Gasteiger partial charge in [0.2, 0.25) is 0 Å².